The third-order valence-corrected chi connectivity index (χ3v) is 2.78. The van der Waals surface area contributed by atoms with Gasteiger partial charge in [0.2, 0.25) is 6.67 Å². The lowest BCUT2D eigenvalue weighted by Gasteiger charge is -2.32. The summed E-state index contributed by atoms with van der Waals surface area (Å²) in [6.07, 6.45) is 2.12. The molecule has 0 saturated heterocycles. The van der Waals surface area contributed by atoms with Gasteiger partial charge in [0.1, 0.15) is 0 Å². The lowest BCUT2D eigenvalue weighted by Crippen LogP contribution is -2.51. The molecular weight excluding hydrogens is 344 g/mol. The van der Waals surface area contributed by atoms with Crippen LogP contribution in [0.15, 0.2) is 25.3 Å². The fraction of sp³-hybridized carbons (Fsp3) is 0.692. The molecule has 0 heterocycles. The van der Waals surface area contributed by atoms with E-state index in [1.165, 1.54) is 6.67 Å². The van der Waals surface area contributed by atoms with E-state index in [0.29, 0.717) is 0 Å². The minimum absolute atomic E-state index is 0.479. The molecule has 0 N–H and O–H groups in total. The van der Waals surface area contributed by atoms with Crippen LogP contribution in [0.3, 0.4) is 0 Å². The van der Waals surface area contributed by atoms with Crippen LogP contribution in [0.25, 0.3) is 0 Å². The largest absolute Gasteiger partial charge is 0.748 e. The molecule has 0 rings (SSSR count). The SMILES string of the molecule is C=CCS(=O)(=O)[O-].C=CCS(=O)(=O)[O-].C[N+](C)(C)C[N+](C)(C)C. The molecule has 0 fully saturated rings. The number of quaternary nitrogens is 2. The maximum atomic E-state index is 9.60. The molecule has 0 unspecified atom stereocenters. The summed E-state index contributed by atoms with van der Waals surface area (Å²) in [7, 11) is 5.19. The molecule has 0 aromatic heterocycles. The maximum absolute atomic E-state index is 9.60. The van der Waals surface area contributed by atoms with Crippen molar-refractivity contribution < 1.29 is 34.9 Å². The zero-order valence-electron chi connectivity index (χ0n) is 14.9. The lowest BCUT2D eigenvalue weighted by molar-refractivity contribution is -1.05. The number of nitrogens with zero attached hydrogens (tertiary/aromatic N) is 2. The van der Waals surface area contributed by atoms with E-state index in [2.05, 4.69) is 55.4 Å². The highest BCUT2D eigenvalue weighted by Gasteiger charge is 2.17. The van der Waals surface area contributed by atoms with Gasteiger partial charge in [-0.15, -0.1) is 13.2 Å². The number of rotatable bonds is 6. The van der Waals surface area contributed by atoms with Gasteiger partial charge in [-0.2, -0.15) is 0 Å². The topological polar surface area (TPSA) is 114 Å². The van der Waals surface area contributed by atoms with Crippen LogP contribution in [0.5, 0.6) is 0 Å². The van der Waals surface area contributed by atoms with Crippen LogP contribution in [0.4, 0.5) is 0 Å². The van der Waals surface area contributed by atoms with E-state index >= 15 is 0 Å². The molecule has 10 heteroatoms. The molecule has 0 aliphatic heterocycles. The van der Waals surface area contributed by atoms with Crippen LogP contribution >= 0.6 is 0 Å². The Bertz CT molecular complexity index is 490. The van der Waals surface area contributed by atoms with Crippen molar-refractivity contribution in [2.75, 3.05) is 60.5 Å². The quantitative estimate of drug-likeness (QED) is 0.275. The highest BCUT2D eigenvalue weighted by Crippen LogP contribution is 1.97. The summed E-state index contributed by atoms with van der Waals surface area (Å²) in [4.78, 5) is 0. The Hall–Kier alpha value is -0.780. The molecule has 8 nitrogen and oxygen atoms in total. The summed E-state index contributed by atoms with van der Waals surface area (Å²) >= 11 is 0. The van der Waals surface area contributed by atoms with Gasteiger partial charge in [-0.25, -0.2) is 16.8 Å². The Morgan fingerprint density at radius 3 is 0.957 bits per heavy atom. The Labute approximate surface area is 141 Å². The summed E-state index contributed by atoms with van der Waals surface area (Å²) in [6, 6.07) is 0. The van der Waals surface area contributed by atoms with Crippen molar-refractivity contribution in [3.8, 4) is 0 Å². The molecule has 0 aromatic carbocycles. The van der Waals surface area contributed by atoms with E-state index in [0.717, 1.165) is 21.1 Å². The molecular formula is C13H30N2O6S2. The zero-order valence-corrected chi connectivity index (χ0v) is 16.5. The predicted octanol–water partition coefficient (Wildman–Crippen LogP) is -0.208. The normalized spacial score (nSPS) is 12.2. The van der Waals surface area contributed by atoms with Gasteiger partial charge in [0.15, 0.2) is 0 Å². The first-order valence-electron chi connectivity index (χ1n) is 6.53. The van der Waals surface area contributed by atoms with Gasteiger partial charge in [0.25, 0.3) is 0 Å². The van der Waals surface area contributed by atoms with Crippen molar-refractivity contribution in [1.29, 1.82) is 0 Å². The first kappa shape index (κ1) is 27.1. The zero-order chi connectivity index (χ0) is 19.5. The van der Waals surface area contributed by atoms with Gasteiger partial charge in [0, 0.05) is 0 Å². The van der Waals surface area contributed by atoms with Crippen molar-refractivity contribution in [2.24, 2.45) is 0 Å². The first-order chi connectivity index (χ1) is 9.83. The van der Waals surface area contributed by atoms with E-state index in [9.17, 15) is 25.9 Å². The van der Waals surface area contributed by atoms with Gasteiger partial charge in [-0.05, 0) is 0 Å². The molecule has 140 valence electrons. The van der Waals surface area contributed by atoms with Gasteiger partial charge < -0.3 is 9.11 Å². The summed E-state index contributed by atoms with van der Waals surface area (Å²) < 4.78 is 59.7. The average molecular weight is 375 g/mol. The third-order valence-electron chi connectivity index (χ3n) is 1.49. The van der Waals surface area contributed by atoms with Gasteiger partial charge in [-0.3, -0.25) is 8.97 Å². The van der Waals surface area contributed by atoms with E-state index in [4.69, 9.17) is 0 Å². The van der Waals surface area contributed by atoms with E-state index in [1.54, 1.807) is 0 Å². The molecule has 0 saturated carbocycles. The summed E-state index contributed by atoms with van der Waals surface area (Å²) in [5.74, 6) is -0.958. The van der Waals surface area contributed by atoms with E-state index in [1.807, 2.05) is 0 Å². The highest BCUT2D eigenvalue weighted by atomic mass is 32.2. The molecule has 0 aromatic rings. The van der Waals surface area contributed by atoms with Crippen molar-refractivity contribution >= 4 is 20.2 Å². The Morgan fingerprint density at radius 1 is 0.739 bits per heavy atom. The van der Waals surface area contributed by atoms with Crippen LogP contribution in [-0.2, 0) is 20.2 Å². The standard InChI is InChI=1S/C7H20N2.2C3H6O3S/c1-8(2,3)7-9(4,5)6;2*1-2-3-7(4,5)6/h7H2,1-6H3;2*2H,1,3H2,(H,4,5,6)/q+2;;/p-2. The van der Waals surface area contributed by atoms with Gasteiger partial charge >= 0.3 is 0 Å². The van der Waals surface area contributed by atoms with E-state index in [-0.39, 0.29) is 0 Å². The smallest absolute Gasteiger partial charge is 0.206 e. The van der Waals surface area contributed by atoms with Crippen molar-refractivity contribution in [3.63, 3.8) is 0 Å². The number of hydrogen-bond donors (Lipinski definition) is 0. The minimum Gasteiger partial charge on any atom is -0.748 e. The molecule has 0 aliphatic rings. The Morgan fingerprint density at radius 2 is 0.957 bits per heavy atom. The molecule has 0 spiro atoms. The summed E-state index contributed by atoms with van der Waals surface area (Å²) in [6.45, 7) is 7.30. The Kier molecular flexibility index (Phi) is 12.8. The van der Waals surface area contributed by atoms with Crippen molar-refractivity contribution in [1.82, 2.24) is 0 Å². The molecule has 0 atom stereocenters. The molecule has 0 aliphatic carbocycles. The monoisotopic (exact) mass is 374 g/mol. The first-order valence-corrected chi connectivity index (χ1v) is 9.68. The fourth-order valence-corrected chi connectivity index (χ4v) is 2.14. The minimum atomic E-state index is -4.04. The van der Waals surface area contributed by atoms with Crippen molar-refractivity contribution in [2.45, 2.75) is 0 Å². The van der Waals surface area contributed by atoms with Crippen LogP contribution < -0.4 is 0 Å². The van der Waals surface area contributed by atoms with Crippen LogP contribution in [0.1, 0.15) is 0 Å². The second kappa shape index (κ2) is 10.9. The summed E-state index contributed by atoms with van der Waals surface area (Å²) in [5.41, 5.74) is 0. The van der Waals surface area contributed by atoms with Crippen LogP contribution in [0.2, 0.25) is 0 Å². The molecule has 0 amide bonds. The second-order valence-electron chi connectivity index (χ2n) is 6.75. The van der Waals surface area contributed by atoms with E-state index < -0.39 is 31.7 Å². The van der Waals surface area contributed by atoms with Crippen LogP contribution in [0, 0.1) is 0 Å². The van der Waals surface area contributed by atoms with Gasteiger partial charge in [-0.1, -0.05) is 12.2 Å². The molecule has 23 heavy (non-hydrogen) atoms. The Balaban J connectivity index is -0.000000264. The summed E-state index contributed by atoms with van der Waals surface area (Å²) in [5, 5.41) is 0. The maximum Gasteiger partial charge on any atom is 0.206 e. The highest BCUT2D eigenvalue weighted by molar-refractivity contribution is 7.86. The van der Waals surface area contributed by atoms with Crippen molar-refractivity contribution in [3.05, 3.63) is 25.3 Å². The second-order valence-corrected chi connectivity index (χ2v) is 9.65. The lowest BCUT2D eigenvalue weighted by atomic mass is 10.6. The fourth-order valence-electron chi connectivity index (χ4n) is 1.56. The predicted molar refractivity (Wildman–Crippen MR) is 90.5 cm³/mol. The van der Waals surface area contributed by atoms with Crippen LogP contribution in [-0.4, -0.2) is 95.4 Å². The molecule has 0 radical (unpaired) electrons. The molecule has 0 bridgehead atoms. The number of hydrogen-bond acceptors (Lipinski definition) is 6. The van der Waals surface area contributed by atoms with Gasteiger partial charge in [0.05, 0.1) is 74.0 Å². The average Bonchev–Trinajstić information content (AvgIpc) is 2.07. The third kappa shape index (κ3) is 44.9.